The summed E-state index contributed by atoms with van der Waals surface area (Å²) < 4.78 is 6.16. The Kier molecular flexibility index (Phi) is 4.98. The van der Waals surface area contributed by atoms with E-state index in [0.717, 1.165) is 27.2 Å². The zero-order valence-electron chi connectivity index (χ0n) is 14.6. The van der Waals surface area contributed by atoms with E-state index in [9.17, 15) is 9.59 Å². The first kappa shape index (κ1) is 17.4. The first-order valence-electron chi connectivity index (χ1n) is 8.74. The molecule has 1 aliphatic rings. The van der Waals surface area contributed by atoms with Gasteiger partial charge >= 0.3 is 5.97 Å². The lowest BCUT2D eigenvalue weighted by molar-refractivity contribution is -0.148. The number of esters is 1. The van der Waals surface area contributed by atoms with Gasteiger partial charge in [0.2, 0.25) is 0 Å². The number of para-hydroxylation sites is 1. The van der Waals surface area contributed by atoms with Crippen LogP contribution in [-0.2, 0) is 27.3 Å². The van der Waals surface area contributed by atoms with Crippen molar-refractivity contribution in [2.24, 2.45) is 0 Å². The van der Waals surface area contributed by atoms with Gasteiger partial charge in [0.25, 0.3) is 5.91 Å². The number of fused-ring (bicyclic) bond motifs is 2. The summed E-state index contributed by atoms with van der Waals surface area (Å²) in [6.45, 7) is 0.966. The summed E-state index contributed by atoms with van der Waals surface area (Å²) >= 11 is 1.50. The molecular formula is C21H18N2O3S. The van der Waals surface area contributed by atoms with Gasteiger partial charge in [-0.1, -0.05) is 36.4 Å². The van der Waals surface area contributed by atoms with Crippen LogP contribution >= 0.6 is 11.3 Å². The van der Waals surface area contributed by atoms with Crippen LogP contribution in [-0.4, -0.2) is 34.9 Å². The molecule has 1 aromatic heterocycles. The number of thiazole rings is 1. The van der Waals surface area contributed by atoms with Crippen LogP contribution in [0.2, 0.25) is 0 Å². The molecule has 27 heavy (non-hydrogen) atoms. The number of amides is 1. The van der Waals surface area contributed by atoms with Crippen LogP contribution in [0, 0.1) is 0 Å². The predicted octanol–water partition coefficient (Wildman–Crippen LogP) is 3.44. The molecule has 0 fully saturated rings. The number of benzene rings is 2. The topological polar surface area (TPSA) is 59.5 Å². The molecule has 2 aromatic carbocycles. The van der Waals surface area contributed by atoms with Crippen LogP contribution in [0.15, 0.2) is 54.6 Å². The standard InChI is InChI=1S/C21H18N2O3S/c24-20(23-12-11-15-5-1-2-6-16(15)13-23)14-26-21(25)10-9-19-22-17-7-3-4-8-18(17)27-19/h1-10H,11-14H2/b10-9+. The van der Waals surface area contributed by atoms with E-state index in [0.29, 0.717) is 13.1 Å². The number of carbonyl (C=O) groups is 2. The molecule has 0 atom stereocenters. The van der Waals surface area contributed by atoms with Gasteiger partial charge in [0, 0.05) is 19.2 Å². The van der Waals surface area contributed by atoms with Crippen molar-refractivity contribution in [2.45, 2.75) is 13.0 Å². The molecule has 1 amide bonds. The number of aromatic nitrogens is 1. The average molecular weight is 378 g/mol. The maximum Gasteiger partial charge on any atom is 0.331 e. The van der Waals surface area contributed by atoms with Crippen LogP contribution in [0.25, 0.3) is 16.3 Å². The molecule has 1 aliphatic heterocycles. The molecule has 6 heteroatoms. The second-order valence-electron chi connectivity index (χ2n) is 6.29. The molecule has 0 bridgehead atoms. The number of hydrogen-bond acceptors (Lipinski definition) is 5. The SMILES string of the molecule is O=C(/C=C/c1nc2ccccc2s1)OCC(=O)N1CCc2ccccc2C1. The van der Waals surface area contributed by atoms with Gasteiger partial charge in [0.15, 0.2) is 6.61 Å². The lowest BCUT2D eigenvalue weighted by atomic mass is 10.00. The van der Waals surface area contributed by atoms with E-state index in [1.807, 2.05) is 42.5 Å². The second-order valence-corrected chi connectivity index (χ2v) is 7.36. The van der Waals surface area contributed by atoms with Crippen molar-refractivity contribution in [3.63, 3.8) is 0 Å². The molecule has 4 rings (SSSR count). The van der Waals surface area contributed by atoms with Crippen molar-refractivity contribution in [2.75, 3.05) is 13.2 Å². The Bertz CT molecular complexity index is 992. The van der Waals surface area contributed by atoms with E-state index >= 15 is 0 Å². The van der Waals surface area contributed by atoms with E-state index in [1.165, 1.54) is 23.0 Å². The molecule has 0 radical (unpaired) electrons. The molecule has 3 aromatic rings. The van der Waals surface area contributed by atoms with Crippen molar-refractivity contribution in [3.8, 4) is 0 Å². The van der Waals surface area contributed by atoms with Gasteiger partial charge in [-0.2, -0.15) is 0 Å². The third-order valence-electron chi connectivity index (χ3n) is 4.49. The largest absolute Gasteiger partial charge is 0.452 e. The van der Waals surface area contributed by atoms with Crippen LogP contribution < -0.4 is 0 Å². The fourth-order valence-electron chi connectivity index (χ4n) is 3.08. The summed E-state index contributed by atoms with van der Waals surface area (Å²) in [5, 5.41) is 0.729. The number of nitrogens with zero attached hydrogens (tertiary/aromatic N) is 2. The Balaban J connectivity index is 1.30. The van der Waals surface area contributed by atoms with Gasteiger partial charge in [0.05, 0.1) is 10.2 Å². The molecular weight excluding hydrogens is 360 g/mol. The smallest absolute Gasteiger partial charge is 0.331 e. The minimum absolute atomic E-state index is 0.175. The van der Waals surface area contributed by atoms with Gasteiger partial charge in [-0.05, 0) is 35.8 Å². The Morgan fingerprint density at radius 3 is 2.74 bits per heavy atom. The van der Waals surface area contributed by atoms with Crippen molar-refractivity contribution in [1.29, 1.82) is 0 Å². The van der Waals surface area contributed by atoms with Gasteiger partial charge in [0.1, 0.15) is 5.01 Å². The molecule has 0 spiro atoms. The number of carbonyl (C=O) groups excluding carboxylic acids is 2. The normalized spacial score (nSPS) is 13.7. The average Bonchev–Trinajstić information content (AvgIpc) is 3.13. The third-order valence-corrected chi connectivity index (χ3v) is 5.50. The van der Waals surface area contributed by atoms with Crippen molar-refractivity contribution in [3.05, 3.63) is 70.7 Å². The third kappa shape index (κ3) is 4.06. The fourth-order valence-corrected chi connectivity index (χ4v) is 3.95. The molecule has 0 N–H and O–H groups in total. The molecule has 0 saturated heterocycles. The Morgan fingerprint density at radius 1 is 1.11 bits per heavy atom. The lowest BCUT2D eigenvalue weighted by Gasteiger charge is -2.28. The van der Waals surface area contributed by atoms with E-state index < -0.39 is 5.97 Å². The summed E-state index contributed by atoms with van der Waals surface area (Å²) in [5.41, 5.74) is 3.33. The highest BCUT2D eigenvalue weighted by molar-refractivity contribution is 7.19. The lowest BCUT2D eigenvalue weighted by Crippen LogP contribution is -2.38. The Labute approximate surface area is 160 Å². The molecule has 0 saturated carbocycles. The van der Waals surface area contributed by atoms with E-state index in [-0.39, 0.29) is 12.5 Å². The highest BCUT2D eigenvalue weighted by Crippen LogP contribution is 2.22. The Hall–Kier alpha value is -2.99. The maximum atomic E-state index is 12.3. The highest BCUT2D eigenvalue weighted by atomic mass is 32.1. The maximum absolute atomic E-state index is 12.3. The summed E-state index contributed by atoms with van der Waals surface area (Å²) in [6.07, 6.45) is 3.76. The van der Waals surface area contributed by atoms with Gasteiger partial charge in [-0.25, -0.2) is 9.78 Å². The summed E-state index contributed by atoms with van der Waals surface area (Å²) in [5.74, 6) is -0.716. The van der Waals surface area contributed by atoms with Crippen molar-refractivity contribution < 1.29 is 14.3 Å². The molecule has 0 aliphatic carbocycles. The fraction of sp³-hybridized carbons (Fsp3) is 0.190. The molecule has 0 unspecified atom stereocenters. The van der Waals surface area contributed by atoms with E-state index in [4.69, 9.17) is 4.74 Å². The van der Waals surface area contributed by atoms with Crippen LogP contribution in [0.4, 0.5) is 0 Å². The number of ether oxygens (including phenoxy) is 1. The van der Waals surface area contributed by atoms with Gasteiger partial charge in [-0.3, -0.25) is 4.79 Å². The van der Waals surface area contributed by atoms with Gasteiger partial charge in [-0.15, -0.1) is 11.3 Å². The molecule has 2 heterocycles. The minimum Gasteiger partial charge on any atom is -0.452 e. The van der Waals surface area contributed by atoms with E-state index in [2.05, 4.69) is 11.1 Å². The van der Waals surface area contributed by atoms with E-state index in [1.54, 1.807) is 11.0 Å². The summed E-state index contributed by atoms with van der Waals surface area (Å²) in [7, 11) is 0. The van der Waals surface area contributed by atoms with Crippen LogP contribution in [0.3, 0.4) is 0 Å². The number of rotatable bonds is 4. The van der Waals surface area contributed by atoms with Crippen LogP contribution in [0.1, 0.15) is 16.1 Å². The summed E-state index contributed by atoms with van der Waals surface area (Å²) in [4.78, 5) is 30.4. The van der Waals surface area contributed by atoms with Crippen molar-refractivity contribution in [1.82, 2.24) is 9.88 Å². The first-order chi connectivity index (χ1) is 13.2. The zero-order valence-corrected chi connectivity index (χ0v) is 15.4. The zero-order chi connectivity index (χ0) is 18.6. The van der Waals surface area contributed by atoms with Gasteiger partial charge < -0.3 is 9.64 Å². The monoisotopic (exact) mass is 378 g/mol. The molecule has 136 valence electrons. The first-order valence-corrected chi connectivity index (χ1v) is 9.56. The van der Waals surface area contributed by atoms with Crippen molar-refractivity contribution >= 4 is 39.5 Å². The predicted molar refractivity (Wildman–Crippen MR) is 105 cm³/mol. The Morgan fingerprint density at radius 2 is 1.89 bits per heavy atom. The highest BCUT2D eigenvalue weighted by Gasteiger charge is 2.20. The summed E-state index contributed by atoms with van der Waals surface area (Å²) in [6, 6.07) is 15.9. The number of hydrogen-bond donors (Lipinski definition) is 0. The molecule has 5 nitrogen and oxygen atoms in total. The quantitative estimate of drug-likeness (QED) is 0.515. The van der Waals surface area contributed by atoms with Crippen LogP contribution in [0.5, 0.6) is 0 Å². The second kappa shape index (κ2) is 7.72. The minimum atomic E-state index is -0.542.